The van der Waals surface area contributed by atoms with Gasteiger partial charge in [-0.15, -0.1) is 5.10 Å². The Hall–Kier alpha value is -1.93. The van der Waals surface area contributed by atoms with Crippen molar-refractivity contribution in [1.82, 2.24) is 25.5 Å². The number of ether oxygens (including phenoxy) is 1. The Morgan fingerprint density at radius 1 is 1.40 bits per heavy atom. The molecule has 2 aromatic rings. The maximum absolute atomic E-state index is 11.6. The van der Waals surface area contributed by atoms with E-state index in [1.807, 2.05) is 30.3 Å². The van der Waals surface area contributed by atoms with Gasteiger partial charge in [-0.3, -0.25) is 4.79 Å². The van der Waals surface area contributed by atoms with Crippen LogP contribution in [-0.2, 0) is 9.53 Å². The lowest BCUT2D eigenvalue weighted by atomic mass is 10.3. The van der Waals surface area contributed by atoms with Crippen molar-refractivity contribution in [3.63, 3.8) is 0 Å². The lowest BCUT2D eigenvalue weighted by Crippen LogP contribution is -2.28. The number of hydrogen-bond acceptors (Lipinski definition) is 6. The monoisotopic (exact) mass is 293 g/mol. The van der Waals surface area contributed by atoms with Gasteiger partial charge in [-0.25, -0.2) is 0 Å². The van der Waals surface area contributed by atoms with Crippen LogP contribution in [0, 0.1) is 0 Å². The van der Waals surface area contributed by atoms with Crippen molar-refractivity contribution in [3.8, 4) is 5.69 Å². The van der Waals surface area contributed by atoms with Crippen LogP contribution in [0.5, 0.6) is 0 Å². The van der Waals surface area contributed by atoms with E-state index in [0.29, 0.717) is 18.3 Å². The number of hydrogen-bond donors (Lipinski definition) is 1. The average molecular weight is 293 g/mol. The first-order valence-electron chi connectivity index (χ1n) is 6.03. The number of methoxy groups -OCH3 is 1. The Labute approximate surface area is 120 Å². The average Bonchev–Trinajstić information content (AvgIpc) is 2.95. The van der Waals surface area contributed by atoms with Gasteiger partial charge in [-0.1, -0.05) is 30.0 Å². The number of para-hydroxylation sites is 1. The molecule has 7 nitrogen and oxygen atoms in total. The largest absolute Gasteiger partial charge is 0.383 e. The van der Waals surface area contributed by atoms with Crippen molar-refractivity contribution >= 4 is 17.7 Å². The van der Waals surface area contributed by atoms with E-state index >= 15 is 0 Å². The van der Waals surface area contributed by atoms with Gasteiger partial charge in [0, 0.05) is 13.7 Å². The number of thioether (sulfide) groups is 1. The predicted octanol–water partition coefficient (Wildman–Crippen LogP) is 0.517. The summed E-state index contributed by atoms with van der Waals surface area (Å²) < 4.78 is 6.47. The van der Waals surface area contributed by atoms with E-state index in [2.05, 4.69) is 20.8 Å². The number of benzene rings is 1. The van der Waals surface area contributed by atoms with Crippen molar-refractivity contribution in [2.45, 2.75) is 5.16 Å². The normalized spacial score (nSPS) is 10.4. The van der Waals surface area contributed by atoms with E-state index in [9.17, 15) is 4.79 Å². The van der Waals surface area contributed by atoms with E-state index in [1.54, 1.807) is 11.8 Å². The minimum absolute atomic E-state index is 0.0744. The molecule has 0 atom stereocenters. The van der Waals surface area contributed by atoms with Gasteiger partial charge in [-0.2, -0.15) is 4.68 Å². The van der Waals surface area contributed by atoms with E-state index in [1.165, 1.54) is 11.8 Å². The Bertz CT molecular complexity index is 546. The summed E-state index contributed by atoms with van der Waals surface area (Å²) in [7, 11) is 1.59. The molecular weight excluding hydrogens is 278 g/mol. The van der Waals surface area contributed by atoms with Crippen LogP contribution in [0.25, 0.3) is 5.69 Å². The molecule has 106 valence electrons. The van der Waals surface area contributed by atoms with Gasteiger partial charge in [0.1, 0.15) is 0 Å². The fourth-order valence-electron chi connectivity index (χ4n) is 1.47. The standard InChI is InChI=1S/C12H15N5O2S/c1-19-8-7-13-11(18)9-20-12-14-15-16-17(12)10-5-3-2-4-6-10/h2-6H,7-9H2,1H3,(H,13,18). The number of aromatic nitrogens is 4. The molecule has 0 aliphatic rings. The first-order chi connectivity index (χ1) is 9.81. The maximum Gasteiger partial charge on any atom is 0.230 e. The molecule has 1 N–H and O–H groups in total. The van der Waals surface area contributed by atoms with Crippen LogP contribution in [0.2, 0.25) is 0 Å². The lowest BCUT2D eigenvalue weighted by Gasteiger charge is -2.05. The van der Waals surface area contributed by atoms with Gasteiger partial charge in [0.25, 0.3) is 0 Å². The third-order valence-corrected chi connectivity index (χ3v) is 3.32. The summed E-state index contributed by atoms with van der Waals surface area (Å²) in [5.41, 5.74) is 0.861. The number of carbonyl (C=O) groups excluding carboxylic acids is 1. The van der Waals surface area contributed by atoms with Gasteiger partial charge >= 0.3 is 0 Å². The Kier molecular flexibility index (Phi) is 5.51. The molecule has 0 saturated heterocycles. The van der Waals surface area contributed by atoms with Crippen LogP contribution in [-0.4, -0.2) is 52.1 Å². The highest BCUT2D eigenvalue weighted by Crippen LogP contribution is 2.17. The molecule has 0 radical (unpaired) electrons. The highest BCUT2D eigenvalue weighted by molar-refractivity contribution is 7.99. The molecule has 2 rings (SSSR count). The summed E-state index contributed by atoms with van der Waals surface area (Å²) in [6.07, 6.45) is 0. The van der Waals surface area contributed by atoms with E-state index < -0.39 is 0 Å². The third kappa shape index (κ3) is 4.04. The molecule has 0 aliphatic carbocycles. The smallest absolute Gasteiger partial charge is 0.230 e. The van der Waals surface area contributed by atoms with Crippen molar-refractivity contribution in [3.05, 3.63) is 30.3 Å². The fraction of sp³-hybridized carbons (Fsp3) is 0.333. The van der Waals surface area contributed by atoms with Gasteiger partial charge < -0.3 is 10.1 Å². The quantitative estimate of drug-likeness (QED) is 0.592. The van der Waals surface area contributed by atoms with Gasteiger partial charge in [0.05, 0.1) is 18.0 Å². The number of nitrogens with zero attached hydrogens (tertiary/aromatic N) is 4. The fourth-order valence-corrected chi connectivity index (χ4v) is 2.19. The van der Waals surface area contributed by atoms with Gasteiger partial charge in [0.2, 0.25) is 11.1 Å². The van der Waals surface area contributed by atoms with Crippen molar-refractivity contribution in [2.75, 3.05) is 26.0 Å². The second-order valence-corrected chi connectivity index (χ2v) is 4.78. The van der Waals surface area contributed by atoms with Gasteiger partial charge in [-0.05, 0) is 22.6 Å². The summed E-state index contributed by atoms with van der Waals surface area (Å²) >= 11 is 1.29. The molecule has 1 aromatic carbocycles. The summed E-state index contributed by atoms with van der Waals surface area (Å²) in [5.74, 6) is 0.186. The zero-order chi connectivity index (χ0) is 14.2. The Morgan fingerprint density at radius 2 is 2.20 bits per heavy atom. The number of rotatable bonds is 7. The molecule has 0 unspecified atom stereocenters. The van der Waals surface area contributed by atoms with Crippen molar-refractivity contribution in [2.24, 2.45) is 0 Å². The topological polar surface area (TPSA) is 81.9 Å². The zero-order valence-corrected chi connectivity index (χ0v) is 11.8. The van der Waals surface area contributed by atoms with E-state index in [-0.39, 0.29) is 11.7 Å². The van der Waals surface area contributed by atoms with Crippen molar-refractivity contribution < 1.29 is 9.53 Å². The zero-order valence-electron chi connectivity index (χ0n) is 11.0. The highest BCUT2D eigenvalue weighted by atomic mass is 32.2. The Morgan fingerprint density at radius 3 is 2.95 bits per heavy atom. The molecule has 0 saturated carbocycles. The minimum atomic E-state index is -0.0744. The summed E-state index contributed by atoms with van der Waals surface area (Å²) in [6, 6.07) is 9.54. The molecule has 0 bridgehead atoms. The van der Waals surface area contributed by atoms with E-state index in [0.717, 1.165) is 5.69 Å². The minimum Gasteiger partial charge on any atom is -0.383 e. The number of amides is 1. The summed E-state index contributed by atoms with van der Waals surface area (Å²) in [5, 5.41) is 14.8. The highest BCUT2D eigenvalue weighted by Gasteiger charge is 2.10. The summed E-state index contributed by atoms with van der Waals surface area (Å²) in [4.78, 5) is 11.6. The molecule has 0 fully saturated rings. The second-order valence-electron chi connectivity index (χ2n) is 3.84. The number of tetrazole rings is 1. The molecular formula is C12H15N5O2S. The molecule has 1 aromatic heterocycles. The van der Waals surface area contributed by atoms with Crippen LogP contribution >= 0.6 is 11.8 Å². The molecule has 1 amide bonds. The van der Waals surface area contributed by atoms with Crippen LogP contribution in [0.4, 0.5) is 0 Å². The molecule has 0 aliphatic heterocycles. The molecule has 1 heterocycles. The van der Waals surface area contributed by atoms with E-state index in [4.69, 9.17) is 4.74 Å². The second kappa shape index (κ2) is 7.61. The van der Waals surface area contributed by atoms with Crippen molar-refractivity contribution in [1.29, 1.82) is 0 Å². The van der Waals surface area contributed by atoms with Gasteiger partial charge in [0.15, 0.2) is 0 Å². The maximum atomic E-state index is 11.6. The first-order valence-corrected chi connectivity index (χ1v) is 7.02. The summed E-state index contributed by atoms with van der Waals surface area (Å²) in [6.45, 7) is 0.998. The number of carbonyl (C=O) groups is 1. The molecule has 20 heavy (non-hydrogen) atoms. The molecule has 8 heteroatoms. The van der Waals surface area contributed by atoms with Crippen LogP contribution in [0.15, 0.2) is 35.5 Å². The first kappa shape index (κ1) is 14.5. The Balaban J connectivity index is 1.91. The molecule has 0 spiro atoms. The number of nitrogens with one attached hydrogen (secondary N) is 1. The predicted molar refractivity (Wildman–Crippen MR) is 74.8 cm³/mol. The lowest BCUT2D eigenvalue weighted by molar-refractivity contribution is -0.118. The van der Waals surface area contributed by atoms with Crippen LogP contribution < -0.4 is 5.32 Å². The van der Waals surface area contributed by atoms with Crippen LogP contribution in [0.3, 0.4) is 0 Å². The van der Waals surface area contributed by atoms with Crippen LogP contribution in [0.1, 0.15) is 0 Å². The SMILES string of the molecule is COCCNC(=O)CSc1nnnn1-c1ccccc1. The third-order valence-electron chi connectivity index (χ3n) is 2.40.